The third-order valence-corrected chi connectivity index (χ3v) is 12.7. The van der Waals surface area contributed by atoms with Gasteiger partial charge in [-0.2, -0.15) is 13.2 Å². The number of aliphatic hydroxyl groups excluding tert-OH is 1. The van der Waals surface area contributed by atoms with Crippen LogP contribution in [0.15, 0.2) is 54.7 Å². The molecule has 2 aromatic carbocycles. The monoisotopic (exact) mass is 935 g/mol. The number of aromatic nitrogens is 2. The van der Waals surface area contributed by atoms with Crippen LogP contribution in [-0.2, 0) is 43.2 Å². The summed E-state index contributed by atoms with van der Waals surface area (Å²) in [4.78, 5) is 48.5. The molecule has 364 valence electrons. The molecule has 3 aliphatic rings. The van der Waals surface area contributed by atoms with Crippen molar-refractivity contribution in [3.63, 3.8) is 0 Å². The molecule has 15 nitrogen and oxygen atoms in total. The lowest BCUT2D eigenvalue weighted by molar-refractivity contribution is -0.147. The molecule has 4 N–H and O–H groups in total. The molecule has 2 aromatic heterocycles. The Bertz CT molecular complexity index is 2440. The summed E-state index contributed by atoms with van der Waals surface area (Å²) in [5.74, 6) is -1.63. The molecular formula is C49H64F3N7O8. The highest BCUT2D eigenvalue weighted by atomic mass is 19.4. The maximum atomic E-state index is 14.9. The first-order chi connectivity index (χ1) is 31.6. The lowest BCUT2D eigenvalue weighted by Crippen LogP contribution is -2.60. The highest BCUT2D eigenvalue weighted by Crippen LogP contribution is 2.44. The lowest BCUT2D eigenvalue weighted by Gasteiger charge is -2.44. The third kappa shape index (κ3) is 11.9. The molecule has 0 bridgehead atoms. The van der Waals surface area contributed by atoms with Gasteiger partial charge in [0.05, 0.1) is 48.6 Å². The fourth-order valence-electron chi connectivity index (χ4n) is 9.29. The van der Waals surface area contributed by atoms with Crippen LogP contribution in [0, 0.1) is 5.41 Å². The predicted molar refractivity (Wildman–Crippen MR) is 247 cm³/mol. The summed E-state index contributed by atoms with van der Waals surface area (Å²) in [5, 5.41) is 24.8. The van der Waals surface area contributed by atoms with Crippen molar-refractivity contribution in [1.82, 2.24) is 30.2 Å². The molecule has 3 aliphatic heterocycles. The highest BCUT2D eigenvalue weighted by Gasteiger charge is 2.37. The number of benzene rings is 2. The number of amides is 2. The van der Waals surface area contributed by atoms with Gasteiger partial charge in [-0.3, -0.25) is 24.5 Å². The van der Waals surface area contributed by atoms with Gasteiger partial charge in [-0.05, 0) is 92.8 Å². The van der Waals surface area contributed by atoms with E-state index in [4.69, 9.17) is 19.2 Å². The minimum Gasteiger partial charge on any atom is -0.480 e. The van der Waals surface area contributed by atoms with Gasteiger partial charge in [0, 0.05) is 69.3 Å². The Kier molecular flexibility index (Phi) is 14.9. The number of morpholine rings is 1. The molecule has 4 atom stereocenters. The summed E-state index contributed by atoms with van der Waals surface area (Å²) < 4.78 is 63.1. The molecule has 3 saturated heterocycles. The van der Waals surface area contributed by atoms with E-state index >= 15 is 0 Å². The first-order valence-corrected chi connectivity index (χ1v) is 23.0. The number of carbonyl (C=O) groups is 3. The summed E-state index contributed by atoms with van der Waals surface area (Å²) in [6, 6.07) is 12.6. The quantitative estimate of drug-likeness (QED) is 0.105. The Morgan fingerprint density at radius 3 is 2.48 bits per heavy atom. The van der Waals surface area contributed by atoms with Gasteiger partial charge in [-0.1, -0.05) is 44.2 Å². The van der Waals surface area contributed by atoms with Gasteiger partial charge in [0.1, 0.15) is 24.2 Å². The number of aliphatic carboxylic acids is 1. The van der Waals surface area contributed by atoms with Crippen LogP contribution in [0.2, 0.25) is 0 Å². The Balaban J connectivity index is 1.33. The fourth-order valence-corrected chi connectivity index (χ4v) is 9.29. The number of hydrogen-bond donors (Lipinski definition) is 4. The minimum atomic E-state index is -4.60. The second-order valence-electron chi connectivity index (χ2n) is 19.7. The maximum absolute atomic E-state index is 14.9. The van der Waals surface area contributed by atoms with E-state index in [-0.39, 0.29) is 32.0 Å². The minimum absolute atomic E-state index is 0.0126. The highest BCUT2D eigenvalue weighted by molar-refractivity contribution is 5.96. The standard InChI is InChI=1S/C49H64F3N7O8/c1-30(65-7)42-37(23-34(25-53-42)57-17-16-56-18-19-66-27-35(56)26-57)43-38(24-48(5,6)29-60)36-22-33(13-14-41(36)58(43)28-49(50,51)52)32-11-8-10-31(20-32)21-40(54-46(64)67-47(2,3)4)44(61)59-15-9-12-39(55-59)45(62)63/h8,10-11,13-14,20,22-23,25,30,35,39-40,55,60H,9,12,15-19,21,24,26-29H2,1-7H3,(H,54,64)(H,62,63)/t30-,35-,39-,40-/m0/s1. The number of carboxylic acids is 1. The number of anilines is 1. The van der Waals surface area contributed by atoms with Crippen LogP contribution in [0.25, 0.3) is 33.3 Å². The number of carbonyl (C=O) groups excluding carboxylic acids is 2. The fraction of sp³-hybridized carbons (Fsp3) is 0.551. The van der Waals surface area contributed by atoms with Crippen molar-refractivity contribution in [3.05, 3.63) is 71.5 Å². The number of hydrogen-bond acceptors (Lipinski definition) is 11. The van der Waals surface area contributed by atoms with E-state index in [2.05, 4.69) is 20.5 Å². The number of piperazine rings is 1. The van der Waals surface area contributed by atoms with E-state index in [1.165, 1.54) is 9.58 Å². The van der Waals surface area contributed by atoms with Crippen molar-refractivity contribution in [2.45, 2.75) is 110 Å². The van der Waals surface area contributed by atoms with Gasteiger partial charge < -0.3 is 39.2 Å². The SMILES string of the molecule is CO[C@@H](C)c1ncc(N2CCN3CCOC[C@@H]3C2)cc1-c1c(CC(C)(C)CO)c2cc(-c3cccc(C[C@H](NC(=O)OC(C)(C)C)C(=O)N4CCC[C@@H](C(=O)O)N4)c3)ccc2n1CC(F)(F)F. The average Bonchev–Trinajstić information content (AvgIpc) is 3.56. The zero-order valence-electron chi connectivity index (χ0n) is 39.4. The Hall–Kier alpha value is -5.27. The number of aliphatic hydroxyl groups is 1. The van der Waals surface area contributed by atoms with Crippen LogP contribution in [-0.4, -0.2) is 137 Å². The zero-order valence-corrected chi connectivity index (χ0v) is 39.4. The van der Waals surface area contributed by atoms with Crippen LogP contribution < -0.4 is 15.6 Å². The molecule has 0 radical (unpaired) electrons. The number of carboxylic acid groups (broad SMARTS) is 1. The first-order valence-electron chi connectivity index (χ1n) is 23.0. The van der Waals surface area contributed by atoms with E-state index in [0.717, 1.165) is 18.8 Å². The van der Waals surface area contributed by atoms with Crippen LogP contribution >= 0.6 is 0 Å². The van der Waals surface area contributed by atoms with Crippen LogP contribution in [0.4, 0.5) is 23.7 Å². The van der Waals surface area contributed by atoms with E-state index in [1.54, 1.807) is 58.3 Å². The predicted octanol–water partition coefficient (Wildman–Crippen LogP) is 6.74. The second-order valence-corrected chi connectivity index (χ2v) is 19.7. The summed E-state index contributed by atoms with van der Waals surface area (Å²) >= 11 is 0. The van der Waals surface area contributed by atoms with Crippen LogP contribution in [0.3, 0.4) is 0 Å². The smallest absolute Gasteiger partial charge is 0.408 e. The molecule has 4 aromatic rings. The summed E-state index contributed by atoms with van der Waals surface area (Å²) in [6.07, 6.45) is -3.22. The van der Waals surface area contributed by atoms with Gasteiger partial charge in [0.15, 0.2) is 0 Å². The number of methoxy groups -OCH3 is 1. The van der Waals surface area contributed by atoms with E-state index in [1.807, 2.05) is 45.0 Å². The summed E-state index contributed by atoms with van der Waals surface area (Å²) in [5.41, 5.74) is 6.29. The summed E-state index contributed by atoms with van der Waals surface area (Å²) in [6.45, 7) is 13.7. The van der Waals surface area contributed by atoms with E-state index < -0.39 is 59.9 Å². The van der Waals surface area contributed by atoms with E-state index in [9.17, 15) is 37.8 Å². The van der Waals surface area contributed by atoms with Crippen molar-refractivity contribution in [3.8, 4) is 22.4 Å². The second kappa shape index (κ2) is 20.1. The van der Waals surface area contributed by atoms with Crippen molar-refractivity contribution in [2.24, 2.45) is 5.41 Å². The van der Waals surface area contributed by atoms with Gasteiger partial charge >= 0.3 is 18.2 Å². The number of hydrazine groups is 1. The molecule has 0 aliphatic carbocycles. The number of fused-ring (bicyclic) bond motifs is 2. The third-order valence-electron chi connectivity index (χ3n) is 12.7. The van der Waals surface area contributed by atoms with Gasteiger partial charge in [0.25, 0.3) is 5.91 Å². The number of nitrogens with one attached hydrogen (secondary N) is 2. The zero-order chi connectivity index (χ0) is 48.4. The van der Waals surface area contributed by atoms with Crippen molar-refractivity contribution in [2.75, 3.05) is 64.6 Å². The number of alkyl carbamates (subject to hydrolysis) is 1. The number of alkyl halides is 3. The van der Waals surface area contributed by atoms with Gasteiger partial charge in [-0.15, -0.1) is 0 Å². The first kappa shape index (κ1) is 49.6. The Morgan fingerprint density at radius 1 is 1.01 bits per heavy atom. The molecule has 0 saturated carbocycles. The average molecular weight is 936 g/mol. The molecule has 18 heteroatoms. The van der Waals surface area contributed by atoms with Gasteiger partial charge in [-0.25, -0.2) is 10.2 Å². The molecule has 7 rings (SSSR count). The molecule has 0 unspecified atom stereocenters. The Morgan fingerprint density at radius 2 is 1.78 bits per heavy atom. The topological polar surface area (TPSA) is 171 Å². The largest absolute Gasteiger partial charge is 0.480 e. The number of nitrogens with zero attached hydrogens (tertiary/aromatic N) is 5. The normalized spacial score (nSPS) is 19.5. The van der Waals surface area contributed by atoms with Crippen molar-refractivity contribution >= 4 is 34.6 Å². The molecule has 0 spiro atoms. The molecular weight excluding hydrogens is 872 g/mol. The van der Waals surface area contributed by atoms with Gasteiger partial charge in [0.2, 0.25) is 0 Å². The van der Waals surface area contributed by atoms with Crippen LogP contribution in [0.1, 0.15) is 77.3 Å². The molecule has 3 fully saturated rings. The number of ether oxygens (including phenoxy) is 3. The van der Waals surface area contributed by atoms with Crippen LogP contribution in [0.5, 0.6) is 0 Å². The molecule has 67 heavy (non-hydrogen) atoms. The van der Waals surface area contributed by atoms with E-state index in [0.29, 0.717) is 89.3 Å². The molecule has 5 heterocycles. The number of halogens is 3. The summed E-state index contributed by atoms with van der Waals surface area (Å²) in [7, 11) is 1.54. The maximum Gasteiger partial charge on any atom is 0.408 e. The number of rotatable bonds is 14. The molecule has 2 amide bonds. The number of pyridine rings is 1. The van der Waals surface area contributed by atoms with Crippen molar-refractivity contribution < 1.29 is 52.0 Å². The Labute approximate surface area is 389 Å². The lowest BCUT2D eigenvalue weighted by atomic mass is 9.84. The van der Waals surface area contributed by atoms with Crippen molar-refractivity contribution in [1.29, 1.82) is 0 Å².